The number of ether oxygens (including phenoxy) is 1. The zero-order valence-electron chi connectivity index (χ0n) is 14.4. The van der Waals surface area contributed by atoms with Crippen LogP contribution in [0.3, 0.4) is 0 Å². The lowest BCUT2D eigenvalue weighted by atomic mass is 10.0. The Balaban J connectivity index is 4.94. The summed E-state index contributed by atoms with van der Waals surface area (Å²) in [5.41, 5.74) is -2.09. The van der Waals surface area contributed by atoms with Crippen LogP contribution in [0.2, 0.25) is 0 Å². The molecule has 0 aliphatic heterocycles. The molecule has 0 unspecified atom stereocenters. The summed E-state index contributed by atoms with van der Waals surface area (Å²) in [6.45, 7) is 11.7. The Morgan fingerprint density at radius 1 is 1.09 bits per heavy atom. The van der Waals surface area contributed by atoms with Crippen LogP contribution < -0.4 is 10.6 Å². The number of hydrogen-bond donors (Lipinski definition) is 3. The summed E-state index contributed by atoms with van der Waals surface area (Å²) in [6, 6.07) is -0.853. The van der Waals surface area contributed by atoms with E-state index in [4.69, 9.17) is 9.84 Å². The van der Waals surface area contributed by atoms with E-state index < -0.39 is 35.2 Å². The third-order valence-corrected chi connectivity index (χ3v) is 2.68. The zero-order chi connectivity index (χ0) is 17.7. The molecule has 0 bridgehead atoms. The second-order valence-corrected chi connectivity index (χ2v) is 7.25. The van der Waals surface area contributed by atoms with Gasteiger partial charge in [0.15, 0.2) is 0 Å². The van der Waals surface area contributed by atoms with Crippen LogP contribution in [0.4, 0.5) is 4.79 Å². The van der Waals surface area contributed by atoms with E-state index in [0.29, 0.717) is 6.42 Å². The average Bonchev–Trinajstić information content (AvgIpc) is 2.23. The Morgan fingerprint density at radius 3 is 1.95 bits per heavy atom. The van der Waals surface area contributed by atoms with Crippen LogP contribution in [0.5, 0.6) is 0 Å². The number of carboxylic acids is 1. The summed E-state index contributed by atoms with van der Waals surface area (Å²) >= 11 is 0. The molecule has 0 aromatic rings. The number of hydrogen-bond acceptors (Lipinski definition) is 4. The van der Waals surface area contributed by atoms with Crippen LogP contribution in [-0.4, -0.2) is 40.3 Å². The predicted octanol–water partition coefficient (Wildman–Crippen LogP) is 1.91. The lowest BCUT2D eigenvalue weighted by Crippen LogP contribution is -2.57. The van der Waals surface area contributed by atoms with Crippen LogP contribution in [-0.2, 0) is 14.3 Å². The van der Waals surface area contributed by atoms with Gasteiger partial charge in [-0.1, -0.05) is 13.8 Å². The lowest BCUT2D eigenvalue weighted by Gasteiger charge is -2.27. The van der Waals surface area contributed by atoms with Gasteiger partial charge in [-0.25, -0.2) is 9.59 Å². The highest BCUT2D eigenvalue weighted by molar-refractivity contribution is 5.90. The van der Waals surface area contributed by atoms with E-state index in [9.17, 15) is 14.4 Å². The molecule has 0 saturated carbocycles. The van der Waals surface area contributed by atoms with Crippen molar-refractivity contribution >= 4 is 18.0 Å². The van der Waals surface area contributed by atoms with Crippen LogP contribution in [0.15, 0.2) is 0 Å². The summed E-state index contributed by atoms with van der Waals surface area (Å²) < 4.78 is 5.13. The Kier molecular flexibility index (Phi) is 6.86. The minimum Gasteiger partial charge on any atom is -0.480 e. The molecule has 0 spiro atoms. The standard InChI is InChI=1S/C15H28N2O5/c1-9(2)8-10(16-13(21)22-14(3,4)5)11(18)17-15(6,7)12(19)20/h9-10H,8H2,1-7H3,(H,16,21)(H,17,18)(H,19,20)/t10-/m0/s1. The maximum Gasteiger partial charge on any atom is 0.408 e. The summed E-state index contributed by atoms with van der Waals surface area (Å²) in [5.74, 6) is -1.56. The van der Waals surface area contributed by atoms with E-state index in [-0.39, 0.29) is 5.92 Å². The quantitative estimate of drug-likeness (QED) is 0.694. The maximum absolute atomic E-state index is 12.3. The molecule has 0 radical (unpaired) electrons. The maximum atomic E-state index is 12.3. The van der Waals surface area contributed by atoms with Crippen molar-refractivity contribution in [2.24, 2.45) is 5.92 Å². The van der Waals surface area contributed by atoms with Crippen molar-refractivity contribution in [3.63, 3.8) is 0 Å². The number of alkyl carbamates (subject to hydrolysis) is 1. The van der Waals surface area contributed by atoms with Crippen LogP contribution in [0, 0.1) is 5.92 Å². The average molecular weight is 316 g/mol. The van der Waals surface area contributed by atoms with Crippen molar-refractivity contribution in [3.05, 3.63) is 0 Å². The van der Waals surface area contributed by atoms with Crippen molar-refractivity contribution in [2.75, 3.05) is 0 Å². The molecule has 3 N–H and O–H groups in total. The van der Waals surface area contributed by atoms with Gasteiger partial charge < -0.3 is 20.5 Å². The highest BCUT2D eigenvalue weighted by atomic mass is 16.6. The topological polar surface area (TPSA) is 105 Å². The van der Waals surface area contributed by atoms with Crippen LogP contribution in [0.1, 0.15) is 54.9 Å². The molecule has 0 rings (SSSR count). The SMILES string of the molecule is CC(C)C[C@H](NC(=O)OC(C)(C)C)C(=O)NC(C)(C)C(=O)O. The summed E-state index contributed by atoms with van der Waals surface area (Å²) in [6.07, 6.45) is -0.331. The van der Waals surface area contributed by atoms with Gasteiger partial charge in [-0.05, 0) is 47.0 Å². The predicted molar refractivity (Wildman–Crippen MR) is 82.5 cm³/mol. The van der Waals surface area contributed by atoms with E-state index in [0.717, 1.165) is 0 Å². The molecule has 7 nitrogen and oxygen atoms in total. The van der Waals surface area contributed by atoms with Crippen LogP contribution >= 0.6 is 0 Å². The van der Waals surface area contributed by atoms with E-state index >= 15 is 0 Å². The molecule has 0 aliphatic rings. The van der Waals surface area contributed by atoms with Crippen molar-refractivity contribution in [1.29, 1.82) is 0 Å². The van der Waals surface area contributed by atoms with E-state index in [1.165, 1.54) is 13.8 Å². The van der Waals surface area contributed by atoms with Gasteiger partial charge >= 0.3 is 12.1 Å². The number of nitrogens with one attached hydrogen (secondary N) is 2. The van der Waals surface area contributed by atoms with Crippen molar-refractivity contribution in [3.8, 4) is 0 Å². The van der Waals surface area contributed by atoms with E-state index in [1.54, 1.807) is 20.8 Å². The molecule has 2 amide bonds. The van der Waals surface area contributed by atoms with Gasteiger partial charge in [0.2, 0.25) is 5.91 Å². The van der Waals surface area contributed by atoms with Gasteiger partial charge in [-0.2, -0.15) is 0 Å². The van der Waals surface area contributed by atoms with E-state index in [1.807, 2.05) is 13.8 Å². The summed E-state index contributed by atoms with van der Waals surface area (Å²) in [5, 5.41) is 14.0. The molecule has 0 aromatic heterocycles. The molecular weight excluding hydrogens is 288 g/mol. The van der Waals surface area contributed by atoms with Gasteiger partial charge in [0.05, 0.1) is 0 Å². The highest BCUT2D eigenvalue weighted by Crippen LogP contribution is 2.11. The third-order valence-electron chi connectivity index (χ3n) is 2.68. The molecule has 128 valence electrons. The largest absolute Gasteiger partial charge is 0.480 e. The molecule has 22 heavy (non-hydrogen) atoms. The number of aliphatic carboxylic acids is 1. The molecule has 1 atom stereocenters. The first-order chi connectivity index (χ1) is 9.74. The second-order valence-electron chi connectivity index (χ2n) is 7.25. The van der Waals surface area contributed by atoms with Crippen molar-refractivity contribution < 1.29 is 24.2 Å². The number of rotatable bonds is 6. The molecular formula is C15H28N2O5. The Hall–Kier alpha value is -1.79. The van der Waals surface area contributed by atoms with Crippen LogP contribution in [0.25, 0.3) is 0 Å². The molecule has 0 fully saturated rings. The number of carbonyl (C=O) groups is 3. The fourth-order valence-electron chi connectivity index (χ4n) is 1.60. The molecule has 0 heterocycles. The van der Waals surface area contributed by atoms with Gasteiger partial charge in [-0.3, -0.25) is 4.79 Å². The minimum atomic E-state index is -1.41. The zero-order valence-corrected chi connectivity index (χ0v) is 14.4. The molecule has 0 saturated heterocycles. The Labute approximate surface area is 131 Å². The fraction of sp³-hybridized carbons (Fsp3) is 0.800. The summed E-state index contributed by atoms with van der Waals surface area (Å²) in [4.78, 5) is 35.2. The second kappa shape index (κ2) is 7.47. The van der Waals surface area contributed by atoms with Gasteiger partial charge in [0.1, 0.15) is 17.2 Å². The van der Waals surface area contributed by atoms with E-state index in [2.05, 4.69) is 10.6 Å². The molecule has 7 heteroatoms. The van der Waals surface area contributed by atoms with Gasteiger partial charge in [-0.15, -0.1) is 0 Å². The first-order valence-electron chi connectivity index (χ1n) is 7.29. The number of carbonyl (C=O) groups excluding carboxylic acids is 2. The third kappa shape index (κ3) is 7.85. The molecule has 0 aromatic carbocycles. The minimum absolute atomic E-state index is 0.138. The lowest BCUT2D eigenvalue weighted by molar-refractivity contribution is -0.146. The normalized spacial score (nSPS) is 13.5. The summed E-state index contributed by atoms with van der Waals surface area (Å²) in [7, 11) is 0. The smallest absolute Gasteiger partial charge is 0.408 e. The Bertz CT molecular complexity index is 424. The molecule has 0 aliphatic carbocycles. The first kappa shape index (κ1) is 20.2. The first-order valence-corrected chi connectivity index (χ1v) is 7.29. The Morgan fingerprint density at radius 2 is 1.59 bits per heavy atom. The number of carboxylic acid groups (broad SMARTS) is 1. The van der Waals surface area contributed by atoms with Crippen molar-refractivity contribution in [1.82, 2.24) is 10.6 Å². The highest BCUT2D eigenvalue weighted by Gasteiger charge is 2.33. The van der Waals surface area contributed by atoms with Gasteiger partial charge in [0, 0.05) is 0 Å². The van der Waals surface area contributed by atoms with Gasteiger partial charge in [0.25, 0.3) is 0 Å². The number of amides is 2. The van der Waals surface area contributed by atoms with Crippen molar-refractivity contribution in [2.45, 2.75) is 72.1 Å². The monoisotopic (exact) mass is 316 g/mol. The fourth-order valence-corrected chi connectivity index (χ4v) is 1.60.